The first kappa shape index (κ1) is 16.4. The number of aryl methyl sites for hydroxylation is 1. The Morgan fingerprint density at radius 2 is 2.21 bits per heavy atom. The van der Waals surface area contributed by atoms with Crippen LogP contribution in [0.5, 0.6) is 0 Å². The number of hydrogen-bond acceptors (Lipinski definition) is 3. The van der Waals surface area contributed by atoms with Crippen molar-refractivity contribution in [1.29, 1.82) is 0 Å². The van der Waals surface area contributed by atoms with Gasteiger partial charge in [-0.15, -0.1) is 11.3 Å². The van der Waals surface area contributed by atoms with Crippen molar-refractivity contribution in [2.75, 3.05) is 13.2 Å². The fraction of sp³-hybridized carbons (Fsp3) is 0.737. The Bertz CT molecular complexity index is 606. The van der Waals surface area contributed by atoms with Gasteiger partial charge < -0.3 is 15.4 Å². The maximum absolute atomic E-state index is 6.09. The van der Waals surface area contributed by atoms with Crippen molar-refractivity contribution >= 4 is 17.3 Å². The van der Waals surface area contributed by atoms with Gasteiger partial charge in [-0.2, -0.15) is 0 Å². The fourth-order valence-corrected chi connectivity index (χ4v) is 5.91. The first-order chi connectivity index (χ1) is 11.7. The van der Waals surface area contributed by atoms with Gasteiger partial charge in [-0.1, -0.05) is 12.8 Å². The molecule has 0 amide bonds. The van der Waals surface area contributed by atoms with E-state index < -0.39 is 0 Å². The number of hydrogen-bond donors (Lipinski definition) is 2. The van der Waals surface area contributed by atoms with Crippen LogP contribution in [0.1, 0.15) is 48.8 Å². The molecule has 5 heteroatoms. The van der Waals surface area contributed by atoms with E-state index in [9.17, 15) is 0 Å². The third-order valence-electron chi connectivity index (χ3n) is 6.11. The second-order valence-electron chi connectivity index (χ2n) is 7.51. The second kappa shape index (κ2) is 6.68. The van der Waals surface area contributed by atoms with E-state index in [4.69, 9.17) is 9.73 Å². The van der Waals surface area contributed by atoms with Gasteiger partial charge in [-0.3, -0.25) is 0 Å². The van der Waals surface area contributed by atoms with Crippen LogP contribution in [-0.2, 0) is 11.3 Å². The van der Waals surface area contributed by atoms with Crippen LogP contribution >= 0.6 is 11.3 Å². The summed E-state index contributed by atoms with van der Waals surface area (Å²) in [5, 5.41) is 7.25. The maximum atomic E-state index is 6.09. The standard InChI is InChI=1S/C19H29N3OS/c1-3-20-18(21-12-14-7-6-13(2)24-14)22-16-15-8-11-23-17(15)19(16)9-4-5-10-19/h6-7,15-17H,3-5,8-12H2,1-2H3,(H2,20,21,22). The molecule has 2 heterocycles. The van der Waals surface area contributed by atoms with Crippen LogP contribution in [-0.4, -0.2) is 31.3 Å². The summed E-state index contributed by atoms with van der Waals surface area (Å²) in [6.07, 6.45) is 7.04. The molecule has 2 aliphatic carbocycles. The van der Waals surface area contributed by atoms with Crippen LogP contribution in [0.3, 0.4) is 0 Å². The molecule has 0 bridgehead atoms. The molecule has 2 N–H and O–H groups in total. The third-order valence-corrected chi connectivity index (χ3v) is 7.10. The van der Waals surface area contributed by atoms with Crippen molar-refractivity contribution in [3.05, 3.63) is 21.9 Å². The molecule has 1 aromatic rings. The van der Waals surface area contributed by atoms with E-state index in [0.29, 0.717) is 23.5 Å². The summed E-state index contributed by atoms with van der Waals surface area (Å²) in [5.74, 6) is 1.65. The molecule has 3 aliphatic rings. The van der Waals surface area contributed by atoms with Crippen molar-refractivity contribution in [3.63, 3.8) is 0 Å². The number of fused-ring (bicyclic) bond motifs is 2. The van der Waals surface area contributed by atoms with Crippen LogP contribution in [0, 0.1) is 18.3 Å². The molecule has 1 aliphatic heterocycles. The number of nitrogens with one attached hydrogen (secondary N) is 2. The lowest BCUT2D eigenvalue weighted by atomic mass is 9.54. The topological polar surface area (TPSA) is 45.7 Å². The van der Waals surface area contributed by atoms with Crippen LogP contribution in [0.25, 0.3) is 0 Å². The Balaban J connectivity index is 1.47. The summed E-state index contributed by atoms with van der Waals surface area (Å²) < 4.78 is 6.09. The maximum Gasteiger partial charge on any atom is 0.191 e. The third kappa shape index (κ3) is 2.76. The summed E-state index contributed by atoms with van der Waals surface area (Å²) >= 11 is 1.84. The first-order valence-electron chi connectivity index (χ1n) is 9.45. The second-order valence-corrected chi connectivity index (χ2v) is 8.89. The van der Waals surface area contributed by atoms with E-state index in [1.165, 1.54) is 41.9 Å². The van der Waals surface area contributed by atoms with Gasteiger partial charge in [0.1, 0.15) is 0 Å². The predicted octanol–water partition coefficient (Wildman–Crippen LogP) is 3.46. The van der Waals surface area contributed by atoms with E-state index in [0.717, 1.165) is 25.7 Å². The van der Waals surface area contributed by atoms with E-state index in [2.05, 4.69) is 36.6 Å². The molecule has 4 rings (SSSR count). The minimum absolute atomic E-state index is 0.372. The quantitative estimate of drug-likeness (QED) is 0.648. The minimum Gasteiger partial charge on any atom is -0.377 e. The average molecular weight is 348 g/mol. The molecule has 132 valence electrons. The van der Waals surface area contributed by atoms with Crippen molar-refractivity contribution < 1.29 is 4.74 Å². The van der Waals surface area contributed by atoms with Gasteiger partial charge in [0.05, 0.1) is 12.6 Å². The van der Waals surface area contributed by atoms with Crippen LogP contribution < -0.4 is 10.6 Å². The molecular weight excluding hydrogens is 318 g/mol. The Morgan fingerprint density at radius 3 is 2.92 bits per heavy atom. The highest BCUT2D eigenvalue weighted by Gasteiger charge is 2.65. The highest BCUT2D eigenvalue weighted by atomic mass is 32.1. The monoisotopic (exact) mass is 347 g/mol. The molecule has 2 saturated carbocycles. The van der Waals surface area contributed by atoms with Crippen LogP contribution in [0.4, 0.5) is 0 Å². The number of ether oxygens (including phenoxy) is 1. The molecular formula is C19H29N3OS. The van der Waals surface area contributed by atoms with Crippen LogP contribution in [0.2, 0.25) is 0 Å². The molecule has 24 heavy (non-hydrogen) atoms. The molecule has 4 nitrogen and oxygen atoms in total. The lowest BCUT2D eigenvalue weighted by Crippen LogP contribution is -2.69. The van der Waals surface area contributed by atoms with Crippen molar-refractivity contribution in [1.82, 2.24) is 10.6 Å². The number of aliphatic imine (C=N–C) groups is 1. The number of nitrogens with zero attached hydrogens (tertiary/aromatic N) is 1. The molecule has 0 aromatic carbocycles. The van der Waals surface area contributed by atoms with Gasteiger partial charge in [-0.25, -0.2) is 4.99 Å². The highest BCUT2D eigenvalue weighted by molar-refractivity contribution is 7.11. The van der Waals surface area contributed by atoms with Crippen molar-refractivity contribution in [2.45, 2.75) is 64.6 Å². The van der Waals surface area contributed by atoms with Crippen molar-refractivity contribution in [2.24, 2.45) is 16.3 Å². The van der Waals surface area contributed by atoms with Gasteiger partial charge in [0.25, 0.3) is 0 Å². The molecule has 1 spiro atoms. The summed E-state index contributed by atoms with van der Waals surface area (Å²) in [6, 6.07) is 4.90. The molecule has 1 saturated heterocycles. The fourth-order valence-electron chi connectivity index (χ4n) is 5.10. The number of thiophene rings is 1. The van der Waals surface area contributed by atoms with Gasteiger partial charge in [0.15, 0.2) is 5.96 Å². The predicted molar refractivity (Wildman–Crippen MR) is 99.5 cm³/mol. The van der Waals surface area contributed by atoms with E-state index in [1.54, 1.807) is 0 Å². The Labute approximate surface area is 149 Å². The summed E-state index contributed by atoms with van der Waals surface area (Å²) in [4.78, 5) is 7.54. The molecule has 3 unspecified atom stereocenters. The lowest BCUT2D eigenvalue weighted by Gasteiger charge is -2.57. The number of guanidine groups is 1. The average Bonchev–Trinajstić information content (AvgIpc) is 3.29. The Morgan fingerprint density at radius 1 is 1.38 bits per heavy atom. The zero-order chi connectivity index (χ0) is 16.6. The zero-order valence-electron chi connectivity index (χ0n) is 14.8. The van der Waals surface area contributed by atoms with E-state index in [1.807, 2.05) is 11.3 Å². The van der Waals surface area contributed by atoms with E-state index in [-0.39, 0.29) is 0 Å². The van der Waals surface area contributed by atoms with Crippen LogP contribution in [0.15, 0.2) is 17.1 Å². The highest BCUT2D eigenvalue weighted by Crippen LogP contribution is 2.60. The smallest absolute Gasteiger partial charge is 0.191 e. The normalized spacial score (nSPS) is 31.1. The first-order valence-corrected chi connectivity index (χ1v) is 10.3. The zero-order valence-corrected chi connectivity index (χ0v) is 15.6. The van der Waals surface area contributed by atoms with Gasteiger partial charge in [-0.05, 0) is 45.2 Å². The number of rotatable bonds is 4. The van der Waals surface area contributed by atoms with Gasteiger partial charge in [0.2, 0.25) is 0 Å². The summed E-state index contributed by atoms with van der Waals surface area (Å²) in [6.45, 7) is 6.90. The van der Waals surface area contributed by atoms with Gasteiger partial charge >= 0.3 is 0 Å². The summed E-state index contributed by atoms with van der Waals surface area (Å²) in [5.41, 5.74) is 0.372. The molecule has 1 aromatic heterocycles. The Hall–Kier alpha value is -1.07. The molecule has 3 fully saturated rings. The van der Waals surface area contributed by atoms with Crippen molar-refractivity contribution in [3.8, 4) is 0 Å². The van der Waals surface area contributed by atoms with Gasteiger partial charge in [0, 0.05) is 40.3 Å². The lowest BCUT2D eigenvalue weighted by molar-refractivity contribution is -0.125. The summed E-state index contributed by atoms with van der Waals surface area (Å²) in [7, 11) is 0. The minimum atomic E-state index is 0.372. The molecule has 0 radical (unpaired) electrons. The SMILES string of the molecule is CCNC(=NCc1ccc(C)s1)NC1C2CCOC2C12CCCC2. The Kier molecular flexibility index (Phi) is 4.56. The largest absolute Gasteiger partial charge is 0.377 e. The molecule has 3 atom stereocenters. The van der Waals surface area contributed by atoms with E-state index >= 15 is 0 Å².